The van der Waals surface area contributed by atoms with Crippen molar-refractivity contribution < 1.29 is 9.90 Å². The molecule has 1 aromatic heterocycles. The van der Waals surface area contributed by atoms with Gasteiger partial charge in [-0.15, -0.1) is 11.3 Å². The maximum atomic E-state index is 10.3. The second-order valence-electron chi connectivity index (χ2n) is 1.71. The molecule has 0 aliphatic heterocycles. The first-order valence-electron chi connectivity index (χ1n) is 2.58. The molecule has 1 aromatic rings. The molecular formula is C6H2ClNO2S. The fraction of sp³-hybridized carbons (Fsp3) is 0. The number of nitriles is 1. The smallest absolute Gasteiger partial charge is 0.345 e. The van der Waals surface area contributed by atoms with Crippen molar-refractivity contribution in [2.45, 2.75) is 0 Å². The fourth-order valence-electron chi connectivity index (χ4n) is 0.550. The van der Waals surface area contributed by atoms with E-state index in [1.165, 1.54) is 6.07 Å². The molecule has 56 valence electrons. The summed E-state index contributed by atoms with van der Waals surface area (Å²) < 4.78 is 0.227. The van der Waals surface area contributed by atoms with Gasteiger partial charge in [0.25, 0.3) is 0 Å². The molecule has 0 spiro atoms. The summed E-state index contributed by atoms with van der Waals surface area (Å²) in [4.78, 5) is 10.4. The standard InChI is InChI=1S/C6H2ClNO2S/c7-5-3(2-8)1-4(11-5)6(9)10/h1H,(H,9,10). The zero-order valence-corrected chi connectivity index (χ0v) is 6.74. The van der Waals surface area contributed by atoms with Crippen LogP contribution in [0.5, 0.6) is 0 Å². The minimum atomic E-state index is -1.06. The molecule has 1 N–H and O–H groups in total. The van der Waals surface area contributed by atoms with E-state index in [9.17, 15) is 4.79 Å². The summed E-state index contributed by atoms with van der Waals surface area (Å²) >= 11 is 6.41. The quantitative estimate of drug-likeness (QED) is 0.731. The average molecular weight is 188 g/mol. The molecule has 0 saturated heterocycles. The van der Waals surface area contributed by atoms with Gasteiger partial charge in [-0.3, -0.25) is 0 Å². The number of rotatable bonds is 1. The molecule has 1 rings (SSSR count). The molecule has 0 fully saturated rings. The van der Waals surface area contributed by atoms with E-state index in [-0.39, 0.29) is 14.8 Å². The maximum absolute atomic E-state index is 10.3. The van der Waals surface area contributed by atoms with Gasteiger partial charge in [0.15, 0.2) is 0 Å². The molecule has 0 radical (unpaired) electrons. The molecule has 0 unspecified atom stereocenters. The average Bonchev–Trinajstić information content (AvgIpc) is 2.31. The number of hydrogen-bond acceptors (Lipinski definition) is 3. The van der Waals surface area contributed by atoms with Crippen LogP contribution in [0.4, 0.5) is 0 Å². The highest BCUT2D eigenvalue weighted by atomic mass is 35.5. The van der Waals surface area contributed by atoms with Crippen molar-refractivity contribution in [1.29, 1.82) is 5.26 Å². The van der Waals surface area contributed by atoms with Crippen molar-refractivity contribution in [3.8, 4) is 6.07 Å². The minimum absolute atomic E-state index is 0.0894. The summed E-state index contributed by atoms with van der Waals surface area (Å²) in [6.45, 7) is 0. The first kappa shape index (κ1) is 8.05. The second kappa shape index (κ2) is 2.91. The molecule has 3 nitrogen and oxygen atoms in total. The SMILES string of the molecule is N#Cc1cc(C(=O)O)sc1Cl. The molecule has 0 aliphatic carbocycles. The predicted octanol–water partition coefficient (Wildman–Crippen LogP) is 1.97. The van der Waals surface area contributed by atoms with Crippen LogP contribution in [0.3, 0.4) is 0 Å². The van der Waals surface area contributed by atoms with Crippen LogP contribution < -0.4 is 0 Å². The van der Waals surface area contributed by atoms with Crippen molar-refractivity contribution >= 4 is 28.9 Å². The van der Waals surface area contributed by atoms with Crippen molar-refractivity contribution in [2.24, 2.45) is 0 Å². The number of carbonyl (C=O) groups is 1. The Morgan fingerprint density at radius 3 is 2.73 bits per heavy atom. The summed E-state index contributed by atoms with van der Waals surface area (Å²) in [6, 6.07) is 3.04. The van der Waals surface area contributed by atoms with Crippen molar-refractivity contribution in [3.63, 3.8) is 0 Å². The largest absolute Gasteiger partial charge is 0.477 e. The fourth-order valence-corrected chi connectivity index (χ4v) is 1.57. The number of halogens is 1. The molecule has 0 amide bonds. The van der Waals surface area contributed by atoms with Crippen LogP contribution in [0.1, 0.15) is 15.2 Å². The van der Waals surface area contributed by atoms with Crippen molar-refractivity contribution in [3.05, 3.63) is 20.8 Å². The lowest BCUT2D eigenvalue weighted by Gasteiger charge is -1.79. The van der Waals surface area contributed by atoms with Crippen LogP contribution in [0.15, 0.2) is 6.07 Å². The predicted molar refractivity (Wildman–Crippen MR) is 41.0 cm³/mol. The van der Waals surface area contributed by atoms with Gasteiger partial charge in [-0.1, -0.05) is 11.6 Å². The Labute approximate surface area is 71.5 Å². The molecular weight excluding hydrogens is 186 g/mol. The third-order valence-corrected chi connectivity index (χ3v) is 2.36. The highest BCUT2D eigenvalue weighted by Gasteiger charge is 2.11. The van der Waals surface area contributed by atoms with Gasteiger partial charge in [-0.2, -0.15) is 5.26 Å². The molecule has 0 aromatic carbocycles. The molecule has 5 heteroatoms. The monoisotopic (exact) mass is 187 g/mol. The highest BCUT2D eigenvalue weighted by Crippen LogP contribution is 2.26. The first-order valence-corrected chi connectivity index (χ1v) is 3.77. The number of carboxylic acids is 1. The molecule has 1 heterocycles. The van der Waals surface area contributed by atoms with Crippen LogP contribution in [-0.4, -0.2) is 11.1 Å². The van der Waals surface area contributed by atoms with Gasteiger partial charge in [0.1, 0.15) is 15.3 Å². The van der Waals surface area contributed by atoms with Gasteiger partial charge in [0, 0.05) is 0 Å². The third-order valence-electron chi connectivity index (χ3n) is 1.02. The number of thiophene rings is 1. The summed E-state index contributed by atoms with van der Waals surface area (Å²) in [5.41, 5.74) is 0.217. The Balaban J connectivity index is 3.18. The Hall–Kier alpha value is -1.05. The zero-order valence-electron chi connectivity index (χ0n) is 5.17. The van der Waals surface area contributed by atoms with E-state index < -0.39 is 5.97 Å². The summed E-state index contributed by atoms with van der Waals surface area (Å²) in [5.74, 6) is -1.06. The van der Waals surface area contributed by atoms with Crippen LogP contribution >= 0.6 is 22.9 Å². The van der Waals surface area contributed by atoms with Crippen molar-refractivity contribution in [2.75, 3.05) is 0 Å². The molecule has 0 aliphatic rings. The topological polar surface area (TPSA) is 61.1 Å². The summed E-state index contributed by atoms with van der Waals surface area (Å²) in [6.07, 6.45) is 0. The van der Waals surface area contributed by atoms with E-state index >= 15 is 0 Å². The summed E-state index contributed by atoms with van der Waals surface area (Å²) in [5, 5.41) is 16.9. The molecule has 0 atom stereocenters. The molecule has 0 saturated carbocycles. The van der Waals surface area contributed by atoms with Crippen molar-refractivity contribution in [1.82, 2.24) is 0 Å². The van der Waals surface area contributed by atoms with Gasteiger partial charge >= 0.3 is 5.97 Å². The molecule has 0 bridgehead atoms. The Bertz CT molecular complexity index is 339. The van der Waals surface area contributed by atoms with Gasteiger partial charge in [-0.05, 0) is 6.07 Å². The van der Waals surface area contributed by atoms with E-state index in [2.05, 4.69) is 0 Å². The second-order valence-corrected chi connectivity index (χ2v) is 3.37. The van der Waals surface area contributed by atoms with Crippen LogP contribution in [0.2, 0.25) is 4.34 Å². The van der Waals surface area contributed by atoms with Gasteiger partial charge < -0.3 is 5.11 Å². The lowest BCUT2D eigenvalue weighted by Crippen LogP contribution is -1.89. The van der Waals surface area contributed by atoms with Gasteiger partial charge in [-0.25, -0.2) is 4.79 Å². The van der Waals surface area contributed by atoms with E-state index in [4.69, 9.17) is 22.0 Å². The first-order chi connectivity index (χ1) is 5.15. The molecule has 11 heavy (non-hydrogen) atoms. The van der Waals surface area contributed by atoms with E-state index in [0.717, 1.165) is 11.3 Å². The highest BCUT2D eigenvalue weighted by molar-refractivity contribution is 7.18. The Kier molecular flexibility index (Phi) is 2.13. The van der Waals surface area contributed by atoms with E-state index in [0.29, 0.717) is 0 Å². The lowest BCUT2D eigenvalue weighted by atomic mass is 10.3. The third kappa shape index (κ3) is 1.50. The minimum Gasteiger partial charge on any atom is -0.477 e. The number of hydrogen-bond donors (Lipinski definition) is 1. The number of carboxylic acid groups (broad SMARTS) is 1. The number of nitrogens with zero attached hydrogens (tertiary/aromatic N) is 1. The van der Waals surface area contributed by atoms with Crippen LogP contribution in [0.25, 0.3) is 0 Å². The van der Waals surface area contributed by atoms with Crippen LogP contribution in [-0.2, 0) is 0 Å². The zero-order chi connectivity index (χ0) is 8.43. The van der Waals surface area contributed by atoms with Crippen LogP contribution in [0, 0.1) is 11.3 Å². The van der Waals surface area contributed by atoms with Gasteiger partial charge in [0.05, 0.1) is 5.56 Å². The van der Waals surface area contributed by atoms with Gasteiger partial charge in [0.2, 0.25) is 0 Å². The van der Waals surface area contributed by atoms with E-state index in [1.54, 1.807) is 6.07 Å². The Morgan fingerprint density at radius 1 is 1.82 bits per heavy atom. The lowest BCUT2D eigenvalue weighted by molar-refractivity contribution is 0.0702. The maximum Gasteiger partial charge on any atom is 0.345 e. The van der Waals surface area contributed by atoms with E-state index in [1.807, 2.05) is 0 Å². The summed E-state index contributed by atoms with van der Waals surface area (Å²) in [7, 11) is 0. The normalized spacial score (nSPS) is 9.09. The Morgan fingerprint density at radius 2 is 2.45 bits per heavy atom. The number of aromatic carboxylic acids is 1.